The molecule has 0 radical (unpaired) electrons. The van der Waals surface area contributed by atoms with Crippen LogP contribution < -0.4 is 4.74 Å². The van der Waals surface area contributed by atoms with Crippen molar-refractivity contribution >= 4 is 37.6 Å². The maximum absolute atomic E-state index is 12.6. The second kappa shape index (κ2) is 5.93. The number of halogens is 2. The first kappa shape index (κ1) is 14.8. The molecular weight excluding hydrogens is 396 g/mol. The van der Waals surface area contributed by atoms with Gasteiger partial charge in [0.1, 0.15) is 5.75 Å². The largest absolute Gasteiger partial charge is 0.493 e. The van der Waals surface area contributed by atoms with Gasteiger partial charge in [-0.2, -0.15) is 0 Å². The number of benzene rings is 2. The summed E-state index contributed by atoms with van der Waals surface area (Å²) in [6, 6.07) is 9.85. The minimum absolute atomic E-state index is 0.0951. The van der Waals surface area contributed by atoms with E-state index in [2.05, 4.69) is 37.9 Å². The summed E-state index contributed by atoms with van der Waals surface area (Å²) in [5.41, 5.74) is 3.97. The molecule has 0 bridgehead atoms. The molecule has 4 heteroatoms. The number of hydrogen-bond acceptors (Lipinski definition) is 2. The summed E-state index contributed by atoms with van der Waals surface area (Å²) in [4.78, 5) is 12.6. The smallest absolute Gasteiger partial charge is 0.168 e. The Morgan fingerprint density at radius 2 is 2.05 bits per heavy atom. The van der Waals surface area contributed by atoms with E-state index in [1.165, 1.54) is 5.56 Å². The number of ether oxygens (including phenoxy) is 1. The molecule has 21 heavy (non-hydrogen) atoms. The minimum Gasteiger partial charge on any atom is -0.493 e. The zero-order valence-corrected chi connectivity index (χ0v) is 14.8. The van der Waals surface area contributed by atoms with Crippen molar-refractivity contribution in [3.63, 3.8) is 0 Å². The number of aryl methyl sites for hydroxylation is 1. The molecule has 0 fully saturated rings. The fourth-order valence-corrected chi connectivity index (χ4v) is 3.86. The van der Waals surface area contributed by atoms with E-state index in [9.17, 15) is 4.79 Å². The monoisotopic (exact) mass is 408 g/mol. The molecule has 3 rings (SSSR count). The van der Waals surface area contributed by atoms with E-state index in [4.69, 9.17) is 4.74 Å². The zero-order chi connectivity index (χ0) is 15.0. The van der Waals surface area contributed by atoms with Crippen LogP contribution in [0.15, 0.2) is 39.3 Å². The van der Waals surface area contributed by atoms with Crippen molar-refractivity contribution < 1.29 is 9.53 Å². The van der Waals surface area contributed by atoms with E-state index >= 15 is 0 Å². The zero-order valence-electron chi connectivity index (χ0n) is 11.6. The van der Waals surface area contributed by atoms with Crippen LogP contribution in [0.25, 0.3) is 0 Å². The number of Topliss-reactive ketones (excluding diaryl/α,β-unsaturated/α-hetero) is 1. The van der Waals surface area contributed by atoms with Gasteiger partial charge in [0.25, 0.3) is 0 Å². The van der Waals surface area contributed by atoms with Gasteiger partial charge >= 0.3 is 0 Å². The Balaban J connectivity index is 1.92. The molecule has 0 saturated carbocycles. The molecule has 0 amide bonds. The summed E-state index contributed by atoms with van der Waals surface area (Å²) >= 11 is 6.99. The maximum atomic E-state index is 12.6. The highest BCUT2D eigenvalue weighted by atomic mass is 79.9. The molecule has 0 aliphatic carbocycles. The Morgan fingerprint density at radius 3 is 2.81 bits per heavy atom. The molecule has 1 aliphatic heterocycles. The number of fused-ring (bicyclic) bond motifs is 1. The quantitative estimate of drug-likeness (QED) is 0.675. The second-order valence-corrected chi connectivity index (χ2v) is 7.00. The standard InChI is InChI=1S/C17H14Br2O2/c1-10-2-3-14(15(19)6-10)16(20)9-12-8-13(18)7-11-4-5-21-17(11)12/h2-3,6-8H,4-5,9H2,1H3. The van der Waals surface area contributed by atoms with E-state index < -0.39 is 0 Å². The first-order valence-corrected chi connectivity index (χ1v) is 8.36. The highest BCUT2D eigenvalue weighted by Gasteiger charge is 2.20. The van der Waals surface area contributed by atoms with Gasteiger partial charge in [0.2, 0.25) is 0 Å². The molecule has 2 aromatic rings. The number of carbonyl (C=O) groups is 1. The van der Waals surface area contributed by atoms with Crippen LogP contribution in [-0.2, 0) is 12.8 Å². The van der Waals surface area contributed by atoms with Gasteiger partial charge in [0.05, 0.1) is 6.61 Å². The number of rotatable bonds is 3. The molecule has 1 heterocycles. The lowest BCUT2D eigenvalue weighted by atomic mass is 9.99. The summed E-state index contributed by atoms with van der Waals surface area (Å²) in [5.74, 6) is 0.979. The van der Waals surface area contributed by atoms with Crippen LogP contribution in [0.4, 0.5) is 0 Å². The Labute approximate surface area is 140 Å². The van der Waals surface area contributed by atoms with Gasteiger partial charge < -0.3 is 4.74 Å². The molecule has 0 spiro atoms. The van der Waals surface area contributed by atoms with Crippen molar-refractivity contribution in [3.05, 3.63) is 61.5 Å². The average molecular weight is 410 g/mol. The Kier molecular flexibility index (Phi) is 4.18. The van der Waals surface area contributed by atoms with Gasteiger partial charge in [-0.3, -0.25) is 4.79 Å². The SMILES string of the molecule is Cc1ccc(C(=O)Cc2cc(Br)cc3c2OCC3)c(Br)c1. The fraction of sp³-hybridized carbons (Fsp3) is 0.235. The normalized spacial score (nSPS) is 12.9. The first-order chi connectivity index (χ1) is 10.0. The molecule has 0 unspecified atom stereocenters. The van der Waals surface area contributed by atoms with Crippen LogP contribution >= 0.6 is 31.9 Å². The molecule has 0 saturated heterocycles. The van der Waals surface area contributed by atoms with Crippen LogP contribution in [0.1, 0.15) is 27.0 Å². The third-order valence-corrected chi connectivity index (χ3v) is 4.72. The molecule has 1 aliphatic rings. The van der Waals surface area contributed by atoms with Crippen molar-refractivity contribution in [3.8, 4) is 5.75 Å². The third kappa shape index (κ3) is 3.06. The van der Waals surface area contributed by atoms with Crippen molar-refractivity contribution in [2.24, 2.45) is 0 Å². The lowest BCUT2D eigenvalue weighted by Gasteiger charge is -2.10. The van der Waals surface area contributed by atoms with E-state index in [-0.39, 0.29) is 5.78 Å². The number of carbonyl (C=O) groups excluding carboxylic acids is 1. The first-order valence-electron chi connectivity index (χ1n) is 6.78. The average Bonchev–Trinajstić information content (AvgIpc) is 2.86. The predicted molar refractivity (Wildman–Crippen MR) is 90.3 cm³/mol. The number of ketones is 1. The number of hydrogen-bond donors (Lipinski definition) is 0. The molecule has 2 aromatic carbocycles. The third-order valence-electron chi connectivity index (χ3n) is 3.60. The Bertz CT molecular complexity index is 723. The van der Waals surface area contributed by atoms with Gasteiger partial charge in [-0.25, -0.2) is 0 Å². The molecular formula is C17H14Br2O2. The van der Waals surface area contributed by atoms with E-state index in [0.717, 1.165) is 32.2 Å². The summed E-state index contributed by atoms with van der Waals surface area (Å²) in [7, 11) is 0. The van der Waals surface area contributed by atoms with Crippen molar-refractivity contribution in [1.82, 2.24) is 0 Å². The van der Waals surface area contributed by atoms with Crippen LogP contribution in [0.2, 0.25) is 0 Å². The lowest BCUT2D eigenvalue weighted by Crippen LogP contribution is -2.06. The van der Waals surface area contributed by atoms with Gasteiger partial charge in [-0.15, -0.1) is 0 Å². The predicted octanol–water partition coefficient (Wildman–Crippen LogP) is 4.88. The Morgan fingerprint density at radius 1 is 1.24 bits per heavy atom. The van der Waals surface area contributed by atoms with Crippen LogP contribution in [-0.4, -0.2) is 12.4 Å². The van der Waals surface area contributed by atoms with Crippen molar-refractivity contribution in [1.29, 1.82) is 0 Å². The van der Waals surface area contributed by atoms with E-state index in [1.807, 2.05) is 31.2 Å². The molecule has 108 valence electrons. The van der Waals surface area contributed by atoms with Crippen molar-refractivity contribution in [2.45, 2.75) is 19.8 Å². The van der Waals surface area contributed by atoms with Gasteiger partial charge in [-0.1, -0.05) is 37.9 Å². The van der Waals surface area contributed by atoms with Crippen molar-refractivity contribution in [2.75, 3.05) is 6.61 Å². The van der Waals surface area contributed by atoms with Crippen LogP contribution in [0, 0.1) is 6.92 Å². The molecule has 0 atom stereocenters. The highest BCUT2D eigenvalue weighted by Crippen LogP contribution is 2.34. The highest BCUT2D eigenvalue weighted by molar-refractivity contribution is 9.10. The summed E-state index contributed by atoms with van der Waals surface area (Å²) in [6.45, 7) is 2.70. The van der Waals surface area contributed by atoms with Crippen LogP contribution in [0.5, 0.6) is 5.75 Å². The van der Waals surface area contributed by atoms with Crippen LogP contribution in [0.3, 0.4) is 0 Å². The van der Waals surface area contributed by atoms with Gasteiger partial charge in [-0.05, 0) is 42.3 Å². The Hall–Kier alpha value is -1.13. The lowest BCUT2D eigenvalue weighted by molar-refractivity contribution is 0.0991. The minimum atomic E-state index is 0.0951. The molecule has 0 aromatic heterocycles. The van der Waals surface area contributed by atoms with Gasteiger partial charge in [0, 0.05) is 32.9 Å². The molecule has 0 N–H and O–H groups in total. The fourth-order valence-electron chi connectivity index (χ4n) is 2.59. The maximum Gasteiger partial charge on any atom is 0.168 e. The topological polar surface area (TPSA) is 26.3 Å². The molecule has 2 nitrogen and oxygen atoms in total. The summed E-state index contributed by atoms with van der Waals surface area (Å²) in [5, 5.41) is 0. The second-order valence-electron chi connectivity index (χ2n) is 5.23. The van der Waals surface area contributed by atoms with E-state index in [1.54, 1.807) is 0 Å². The van der Waals surface area contributed by atoms with E-state index in [0.29, 0.717) is 18.6 Å². The van der Waals surface area contributed by atoms with Gasteiger partial charge in [0.15, 0.2) is 5.78 Å². The summed E-state index contributed by atoms with van der Waals surface area (Å²) < 4.78 is 7.53. The summed E-state index contributed by atoms with van der Waals surface area (Å²) in [6.07, 6.45) is 1.26.